The molecule has 1 aliphatic rings. The summed E-state index contributed by atoms with van der Waals surface area (Å²) in [5.74, 6) is 0.858. The molecule has 8 heteroatoms. The lowest BCUT2D eigenvalue weighted by atomic mass is 10.2. The van der Waals surface area contributed by atoms with E-state index in [1.807, 2.05) is 0 Å². The molecule has 0 spiro atoms. The minimum atomic E-state index is -0.395. The number of aromatic hydroxyl groups is 1. The second-order valence-corrected chi connectivity index (χ2v) is 5.75. The smallest absolute Gasteiger partial charge is 0.271 e. The number of hydrazone groups is 1. The average Bonchev–Trinajstić information content (AvgIpc) is 2.65. The van der Waals surface area contributed by atoms with Crippen LogP contribution in [-0.4, -0.2) is 37.0 Å². The maximum atomic E-state index is 12.2. The van der Waals surface area contributed by atoms with Crippen LogP contribution in [0.5, 0.6) is 23.0 Å². The van der Waals surface area contributed by atoms with Crippen LogP contribution in [0, 0.1) is 0 Å². The van der Waals surface area contributed by atoms with Gasteiger partial charge in [0, 0.05) is 5.56 Å². The van der Waals surface area contributed by atoms with Crippen molar-refractivity contribution < 1.29 is 24.1 Å². The summed E-state index contributed by atoms with van der Waals surface area (Å²) in [4.78, 5) is 12.2. The van der Waals surface area contributed by atoms with Gasteiger partial charge in [0.15, 0.2) is 23.0 Å². The van der Waals surface area contributed by atoms with Gasteiger partial charge < -0.3 is 19.3 Å². The third-order valence-electron chi connectivity index (χ3n) is 3.53. The van der Waals surface area contributed by atoms with E-state index in [0.29, 0.717) is 42.4 Å². The molecule has 2 aromatic rings. The number of nitrogens with zero attached hydrogens (tertiary/aromatic N) is 1. The van der Waals surface area contributed by atoms with Crippen molar-refractivity contribution >= 4 is 23.7 Å². The van der Waals surface area contributed by atoms with Gasteiger partial charge >= 0.3 is 0 Å². The van der Waals surface area contributed by atoms with Crippen LogP contribution in [-0.2, 0) is 0 Å². The van der Waals surface area contributed by atoms with Crippen LogP contribution in [0.4, 0.5) is 0 Å². The van der Waals surface area contributed by atoms with Crippen LogP contribution in [0.2, 0.25) is 5.02 Å². The molecule has 0 atom stereocenters. The van der Waals surface area contributed by atoms with Crippen LogP contribution in [0.15, 0.2) is 35.4 Å². The van der Waals surface area contributed by atoms with Crippen molar-refractivity contribution in [2.24, 2.45) is 5.10 Å². The van der Waals surface area contributed by atoms with Gasteiger partial charge in [-0.25, -0.2) is 5.43 Å². The highest BCUT2D eigenvalue weighted by Crippen LogP contribution is 2.34. The zero-order valence-corrected chi connectivity index (χ0v) is 14.7. The van der Waals surface area contributed by atoms with E-state index in [-0.39, 0.29) is 16.5 Å². The summed E-state index contributed by atoms with van der Waals surface area (Å²) in [6.07, 6.45) is 1.41. The van der Waals surface area contributed by atoms with Crippen LogP contribution in [0.1, 0.15) is 22.8 Å². The Morgan fingerprint density at radius 2 is 2.08 bits per heavy atom. The van der Waals surface area contributed by atoms with Crippen LogP contribution >= 0.6 is 11.6 Å². The number of hydrogen-bond acceptors (Lipinski definition) is 6. The molecule has 7 nitrogen and oxygen atoms in total. The molecule has 0 unspecified atom stereocenters. The zero-order chi connectivity index (χ0) is 18.5. The Bertz CT molecular complexity index is 854. The largest absolute Gasteiger partial charge is 0.503 e. The summed E-state index contributed by atoms with van der Waals surface area (Å²) in [6.45, 7) is 3.11. The first-order chi connectivity index (χ1) is 12.6. The molecule has 0 saturated heterocycles. The molecule has 2 N–H and O–H groups in total. The average molecular weight is 377 g/mol. The predicted molar refractivity (Wildman–Crippen MR) is 96.8 cm³/mol. The Labute approximate surface area is 155 Å². The van der Waals surface area contributed by atoms with Crippen molar-refractivity contribution in [3.8, 4) is 23.0 Å². The molecule has 2 aromatic carbocycles. The van der Waals surface area contributed by atoms with Crippen LogP contribution in [0.25, 0.3) is 0 Å². The highest BCUT2D eigenvalue weighted by Gasteiger charge is 2.14. The van der Waals surface area contributed by atoms with Crippen molar-refractivity contribution in [2.45, 2.75) is 6.92 Å². The molecule has 1 amide bonds. The van der Waals surface area contributed by atoms with Gasteiger partial charge in [-0.3, -0.25) is 4.79 Å². The van der Waals surface area contributed by atoms with Gasteiger partial charge in [0.05, 0.1) is 17.8 Å². The predicted octanol–water partition coefficient (Wildman–Crippen LogP) is 2.98. The fourth-order valence-corrected chi connectivity index (χ4v) is 2.57. The topological polar surface area (TPSA) is 89.4 Å². The molecule has 136 valence electrons. The molecule has 26 heavy (non-hydrogen) atoms. The van der Waals surface area contributed by atoms with Gasteiger partial charge in [-0.15, -0.1) is 0 Å². The van der Waals surface area contributed by atoms with E-state index >= 15 is 0 Å². The van der Waals surface area contributed by atoms with E-state index in [1.54, 1.807) is 31.2 Å². The Morgan fingerprint density at radius 3 is 2.85 bits per heavy atom. The van der Waals surface area contributed by atoms with E-state index < -0.39 is 5.91 Å². The molecular formula is C18H17ClN2O5. The van der Waals surface area contributed by atoms with Gasteiger partial charge in [-0.1, -0.05) is 11.6 Å². The Hall–Kier alpha value is -2.93. The van der Waals surface area contributed by atoms with E-state index in [1.165, 1.54) is 12.3 Å². The lowest BCUT2D eigenvalue weighted by Crippen LogP contribution is -2.19. The van der Waals surface area contributed by atoms with Crippen molar-refractivity contribution in [3.05, 3.63) is 46.5 Å². The fraction of sp³-hybridized carbons (Fsp3) is 0.222. The molecule has 3 rings (SSSR count). The van der Waals surface area contributed by atoms with Gasteiger partial charge in [-0.2, -0.15) is 5.10 Å². The van der Waals surface area contributed by atoms with Crippen LogP contribution < -0.4 is 19.6 Å². The second kappa shape index (κ2) is 7.97. The number of ether oxygens (including phenoxy) is 3. The standard InChI is InChI=1S/C18H17ClN2O5/c1-2-24-16-8-11(7-13(19)17(16)22)10-20-21-18(23)12-3-4-14-15(9-12)26-6-5-25-14/h3-4,7-10,22H,2,5-6H2,1H3,(H,21,23). The zero-order valence-electron chi connectivity index (χ0n) is 14.0. The van der Waals surface area contributed by atoms with Crippen molar-refractivity contribution in [1.29, 1.82) is 0 Å². The quantitative estimate of drug-likeness (QED) is 0.618. The first-order valence-corrected chi connectivity index (χ1v) is 8.34. The van der Waals surface area contributed by atoms with Crippen molar-refractivity contribution in [1.82, 2.24) is 5.43 Å². The number of amides is 1. The SMILES string of the molecule is CCOc1cc(C=NNC(=O)c2ccc3c(c2)OCCO3)cc(Cl)c1O. The third kappa shape index (κ3) is 4.00. The number of carbonyl (C=O) groups is 1. The monoisotopic (exact) mass is 376 g/mol. The van der Waals surface area contributed by atoms with Crippen LogP contribution in [0.3, 0.4) is 0 Å². The molecule has 0 aromatic heterocycles. The summed E-state index contributed by atoms with van der Waals surface area (Å²) in [7, 11) is 0. The summed E-state index contributed by atoms with van der Waals surface area (Å²) in [6, 6.07) is 8.00. The van der Waals surface area contributed by atoms with Gasteiger partial charge in [-0.05, 0) is 42.8 Å². The Kier molecular flexibility index (Phi) is 5.48. The lowest BCUT2D eigenvalue weighted by Gasteiger charge is -2.18. The van der Waals surface area contributed by atoms with Gasteiger partial charge in [0.1, 0.15) is 13.2 Å². The number of hydrogen-bond donors (Lipinski definition) is 2. The molecule has 0 bridgehead atoms. The molecule has 1 heterocycles. The van der Waals surface area contributed by atoms with Gasteiger partial charge in [0.25, 0.3) is 5.91 Å². The molecular weight excluding hydrogens is 360 g/mol. The molecule has 0 saturated carbocycles. The lowest BCUT2D eigenvalue weighted by molar-refractivity contribution is 0.0954. The number of benzene rings is 2. The first kappa shape index (κ1) is 17.9. The summed E-state index contributed by atoms with van der Waals surface area (Å²) < 4.78 is 16.2. The summed E-state index contributed by atoms with van der Waals surface area (Å²) in [5, 5.41) is 13.9. The first-order valence-electron chi connectivity index (χ1n) is 7.97. The number of phenolic OH excluding ortho intramolecular Hbond substituents is 1. The number of carbonyl (C=O) groups excluding carboxylic acids is 1. The highest BCUT2D eigenvalue weighted by molar-refractivity contribution is 6.32. The minimum Gasteiger partial charge on any atom is -0.503 e. The number of rotatable bonds is 5. The minimum absolute atomic E-state index is 0.133. The second-order valence-electron chi connectivity index (χ2n) is 5.34. The fourth-order valence-electron chi connectivity index (χ4n) is 2.35. The Balaban J connectivity index is 1.69. The van der Waals surface area contributed by atoms with Crippen molar-refractivity contribution in [3.63, 3.8) is 0 Å². The molecule has 1 aliphatic heterocycles. The number of nitrogens with one attached hydrogen (secondary N) is 1. The van der Waals surface area contributed by atoms with E-state index in [0.717, 1.165) is 0 Å². The van der Waals surface area contributed by atoms with E-state index in [9.17, 15) is 9.90 Å². The maximum absolute atomic E-state index is 12.2. The normalized spacial score (nSPS) is 12.8. The molecule has 0 radical (unpaired) electrons. The number of halogens is 1. The van der Waals surface area contributed by atoms with Crippen molar-refractivity contribution in [2.75, 3.05) is 19.8 Å². The van der Waals surface area contributed by atoms with E-state index in [4.69, 9.17) is 25.8 Å². The summed E-state index contributed by atoms with van der Waals surface area (Å²) in [5.41, 5.74) is 3.39. The summed E-state index contributed by atoms with van der Waals surface area (Å²) >= 11 is 5.95. The van der Waals surface area contributed by atoms with Gasteiger partial charge in [0.2, 0.25) is 0 Å². The van der Waals surface area contributed by atoms with E-state index in [2.05, 4.69) is 10.5 Å². The number of phenols is 1. The third-order valence-corrected chi connectivity index (χ3v) is 3.82. The molecule has 0 fully saturated rings. The molecule has 0 aliphatic carbocycles. The Morgan fingerprint density at radius 1 is 1.31 bits per heavy atom. The number of fused-ring (bicyclic) bond motifs is 1. The maximum Gasteiger partial charge on any atom is 0.271 e. The highest BCUT2D eigenvalue weighted by atomic mass is 35.5.